The van der Waals surface area contributed by atoms with E-state index in [2.05, 4.69) is 5.10 Å². The molecule has 21 heavy (non-hydrogen) atoms. The highest BCUT2D eigenvalue weighted by Crippen LogP contribution is 2.28. The molecule has 1 heterocycles. The molecule has 0 atom stereocenters. The third-order valence-corrected chi connectivity index (χ3v) is 3.53. The fourth-order valence-corrected chi connectivity index (χ4v) is 2.48. The van der Waals surface area contributed by atoms with Crippen molar-refractivity contribution in [3.63, 3.8) is 0 Å². The molecule has 0 unspecified atom stereocenters. The van der Waals surface area contributed by atoms with Crippen LogP contribution in [0.5, 0.6) is 0 Å². The lowest BCUT2D eigenvalue weighted by molar-refractivity contribution is 0.0694. The van der Waals surface area contributed by atoms with Crippen molar-refractivity contribution in [1.29, 1.82) is 0 Å². The Morgan fingerprint density at radius 2 is 2.14 bits per heavy atom. The first-order valence-electron chi connectivity index (χ1n) is 6.67. The Morgan fingerprint density at radius 3 is 2.62 bits per heavy atom. The molecule has 0 aliphatic rings. The van der Waals surface area contributed by atoms with Crippen LogP contribution in [0.1, 0.15) is 48.4 Å². The minimum Gasteiger partial charge on any atom is -0.478 e. The Hall–Kier alpha value is -1.88. The van der Waals surface area contributed by atoms with Gasteiger partial charge in [0.1, 0.15) is 11.4 Å². The van der Waals surface area contributed by atoms with Crippen molar-refractivity contribution in [3.8, 4) is 5.69 Å². The second kappa shape index (κ2) is 5.85. The number of hydrogen-bond acceptors (Lipinski definition) is 2. The van der Waals surface area contributed by atoms with Crippen molar-refractivity contribution in [2.75, 3.05) is 0 Å². The summed E-state index contributed by atoms with van der Waals surface area (Å²) in [5, 5.41) is 13.8. The van der Waals surface area contributed by atoms with E-state index in [-0.39, 0.29) is 16.5 Å². The number of rotatable bonds is 4. The first-order chi connectivity index (χ1) is 9.86. The molecule has 0 fully saturated rings. The zero-order valence-corrected chi connectivity index (χ0v) is 12.8. The average Bonchev–Trinajstić information content (AvgIpc) is 2.81. The number of carbonyl (C=O) groups is 1. The molecule has 2 rings (SSSR count). The van der Waals surface area contributed by atoms with Crippen LogP contribution in [0.25, 0.3) is 5.69 Å². The summed E-state index contributed by atoms with van der Waals surface area (Å²) >= 11 is 5.81. The smallest absolute Gasteiger partial charge is 0.339 e. The molecular weight excluding hydrogens is 295 g/mol. The van der Waals surface area contributed by atoms with Crippen molar-refractivity contribution in [2.24, 2.45) is 0 Å². The molecule has 1 aromatic carbocycles. The van der Waals surface area contributed by atoms with Crippen LogP contribution in [-0.2, 0) is 6.42 Å². The number of benzene rings is 1. The maximum Gasteiger partial charge on any atom is 0.339 e. The highest BCUT2D eigenvalue weighted by molar-refractivity contribution is 6.30. The van der Waals surface area contributed by atoms with Crippen molar-refractivity contribution in [1.82, 2.24) is 9.78 Å². The van der Waals surface area contributed by atoms with Crippen LogP contribution >= 0.6 is 11.6 Å². The number of aromatic nitrogens is 2. The van der Waals surface area contributed by atoms with Crippen molar-refractivity contribution >= 4 is 17.6 Å². The van der Waals surface area contributed by atoms with Gasteiger partial charge in [-0.1, -0.05) is 32.4 Å². The lowest BCUT2D eigenvalue weighted by Crippen LogP contribution is -2.08. The molecule has 0 spiro atoms. The molecule has 0 amide bonds. The second-order valence-corrected chi connectivity index (χ2v) is 5.44. The molecular formula is C15H16ClFN2O2. The zero-order chi connectivity index (χ0) is 15.7. The summed E-state index contributed by atoms with van der Waals surface area (Å²) in [6.45, 7) is 5.63. The third-order valence-electron chi connectivity index (χ3n) is 3.24. The van der Waals surface area contributed by atoms with Gasteiger partial charge in [0.15, 0.2) is 0 Å². The molecule has 0 aliphatic carbocycles. The van der Waals surface area contributed by atoms with Crippen LogP contribution in [0.2, 0.25) is 5.02 Å². The van der Waals surface area contributed by atoms with Crippen LogP contribution in [0.15, 0.2) is 18.2 Å². The van der Waals surface area contributed by atoms with Gasteiger partial charge < -0.3 is 5.11 Å². The Balaban J connectivity index is 2.73. The molecule has 0 aliphatic heterocycles. The summed E-state index contributed by atoms with van der Waals surface area (Å²) in [4.78, 5) is 11.5. The lowest BCUT2D eigenvalue weighted by Gasteiger charge is -2.11. The van der Waals surface area contributed by atoms with Gasteiger partial charge in [-0.15, -0.1) is 0 Å². The van der Waals surface area contributed by atoms with Gasteiger partial charge in [0.2, 0.25) is 0 Å². The van der Waals surface area contributed by atoms with Gasteiger partial charge >= 0.3 is 5.97 Å². The number of aromatic carboxylic acids is 1. The van der Waals surface area contributed by atoms with Gasteiger partial charge in [-0.25, -0.2) is 13.9 Å². The van der Waals surface area contributed by atoms with E-state index in [0.29, 0.717) is 23.5 Å². The standard InChI is InChI=1S/C15H16ClFN2O2/c1-4-12-13(15(20)21)14(8(2)3)19(18-12)9-5-6-11(17)10(16)7-9/h5-8H,4H2,1-3H3,(H,20,21). The summed E-state index contributed by atoms with van der Waals surface area (Å²) in [5.74, 6) is -1.57. The predicted molar refractivity (Wildman–Crippen MR) is 79.0 cm³/mol. The number of hydrogen-bond donors (Lipinski definition) is 1. The van der Waals surface area contributed by atoms with Gasteiger partial charge in [-0.3, -0.25) is 0 Å². The predicted octanol–water partition coefficient (Wildman–Crippen LogP) is 4.05. The molecule has 0 radical (unpaired) electrons. The van der Waals surface area contributed by atoms with Crippen LogP contribution in [-0.4, -0.2) is 20.9 Å². The number of carboxylic acid groups (broad SMARTS) is 1. The topological polar surface area (TPSA) is 55.1 Å². The van der Waals surface area contributed by atoms with Crippen LogP contribution in [0.4, 0.5) is 4.39 Å². The van der Waals surface area contributed by atoms with Gasteiger partial charge in [-0.2, -0.15) is 5.10 Å². The maximum atomic E-state index is 13.3. The largest absolute Gasteiger partial charge is 0.478 e. The van der Waals surface area contributed by atoms with Crippen molar-refractivity contribution < 1.29 is 14.3 Å². The summed E-state index contributed by atoms with van der Waals surface area (Å²) < 4.78 is 14.8. The zero-order valence-electron chi connectivity index (χ0n) is 12.0. The quantitative estimate of drug-likeness (QED) is 0.927. The fraction of sp³-hybridized carbons (Fsp3) is 0.333. The highest BCUT2D eigenvalue weighted by atomic mass is 35.5. The Labute approximate surface area is 127 Å². The van der Waals surface area contributed by atoms with Gasteiger partial charge in [-0.05, 0) is 30.5 Å². The number of aryl methyl sites for hydroxylation is 1. The maximum absolute atomic E-state index is 13.3. The third kappa shape index (κ3) is 2.78. The summed E-state index contributed by atoms with van der Waals surface area (Å²) in [7, 11) is 0. The average molecular weight is 311 g/mol. The fourth-order valence-electron chi connectivity index (χ4n) is 2.31. The van der Waals surface area contributed by atoms with E-state index in [1.807, 2.05) is 20.8 Å². The number of halogens is 2. The molecule has 1 aromatic heterocycles. The summed E-state index contributed by atoms with van der Waals surface area (Å²) in [6, 6.07) is 4.22. The normalized spacial score (nSPS) is 11.1. The van der Waals surface area contributed by atoms with E-state index in [9.17, 15) is 14.3 Å². The number of carboxylic acids is 1. The molecule has 0 saturated heterocycles. The first kappa shape index (κ1) is 15.5. The molecule has 0 saturated carbocycles. The molecule has 0 bridgehead atoms. The van der Waals surface area contributed by atoms with E-state index < -0.39 is 11.8 Å². The van der Waals surface area contributed by atoms with Gasteiger partial charge in [0.05, 0.1) is 22.1 Å². The van der Waals surface area contributed by atoms with Crippen LogP contribution in [0.3, 0.4) is 0 Å². The van der Waals surface area contributed by atoms with E-state index in [1.165, 1.54) is 22.9 Å². The Kier molecular flexibility index (Phi) is 4.32. The van der Waals surface area contributed by atoms with E-state index in [0.717, 1.165) is 0 Å². The molecule has 1 N–H and O–H groups in total. The molecule has 2 aromatic rings. The molecule has 112 valence electrons. The second-order valence-electron chi connectivity index (χ2n) is 5.03. The molecule has 4 nitrogen and oxygen atoms in total. The SMILES string of the molecule is CCc1nn(-c2ccc(F)c(Cl)c2)c(C(C)C)c1C(=O)O. The monoisotopic (exact) mass is 310 g/mol. The number of nitrogens with zero attached hydrogens (tertiary/aromatic N) is 2. The summed E-state index contributed by atoms with van der Waals surface area (Å²) in [6.07, 6.45) is 0.503. The van der Waals surface area contributed by atoms with E-state index in [4.69, 9.17) is 11.6 Å². The highest BCUT2D eigenvalue weighted by Gasteiger charge is 2.25. The van der Waals surface area contributed by atoms with Gasteiger partial charge in [0.25, 0.3) is 0 Å². The molecule has 6 heteroatoms. The minimum atomic E-state index is -1.00. The lowest BCUT2D eigenvalue weighted by atomic mass is 10.0. The van der Waals surface area contributed by atoms with E-state index in [1.54, 1.807) is 0 Å². The Morgan fingerprint density at radius 1 is 1.48 bits per heavy atom. The van der Waals surface area contributed by atoms with Gasteiger partial charge in [0, 0.05) is 0 Å². The summed E-state index contributed by atoms with van der Waals surface area (Å²) in [5.41, 5.74) is 1.86. The van der Waals surface area contributed by atoms with Crippen LogP contribution < -0.4 is 0 Å². The van der Waals surface area contributed by atoms with E-state index >= 15 is 0 Å². The van der Waals surface area contributed by atoms with Crippen molar-refractivity contribution in [2.45, 2.75) is 33.1 Å². The van der Waals surface area contributed by atoms with Crippen molar-refractivity contribution in [3.05, 3.63) is 46.0 Å². The van der Waals surface area contributed by atoms with Crippen LogP contribution in [0, 0.1) is 5.82 Å². The Bertz CT molecular complexity index is 695. The first-order valence-corrected chi connectivity index (χ1v) is 7.05. The minimum absolute atomic E-state index is 0.0207.